The molecule has 0 heterocycles. The predicted molar refractivity (Wildman–Crippen MR) is 95.7 cm³/mol. The molecule has 0 aromatic heterocycles. The molecule has 1 aliphatic carbocycles. The van der Waals surface area contributed by atoms with Crippen LogP contribution in [0.25, 0.3) is 0 Å². The van der Waals surface area contributed by atoms with Crippen LogP contribution in [0, 0.1) is 11.8 Å². The highest BCUT2D eigenvalue weighted by Crippen LogP contribution is 2.36. The van der Waals surface area contributed by atoms with Gasteiger partial charge in [0.15, 0.2) is 0 Å². The molecular formula is C18H48. The molecule has 0 saturated heterocycles. The van der Waals surface area contributed by atoms with Crippen LogP contribution in [0.2, 0.25) is 0 Å². The van der Waals surface area contributed by atoms with Gasteiger partial charge in [0.05, 0.1) is 0 Å². The number of rotatable bonds is 0. The molecule has 0 bridgehead atoms. The van der Waals surface area contributed by atoms with Crippen molar-refractivity contribution in [3.63, 3.8) is 0 Å². The predicted octanol–water partition coefficient (Wildman–Crippen LogP) is 8.21. The topological polar surface area (TPSA) is 0 Å². The van der Waals surface area contributed by atoms with Crippen molar-refractivity contribution >= 4 is 0 Å². The van der Waals surface area contributed by atoms with Crippen molar-refractivity contribution in [2.24, 2.45) is 11.8 Å². The lowest BCUT2D eigenvalue weighted by Gasteiger charge is -1.66. The van der Waals surface area contributed by atoms with Crippen LogP contribution in [-0.4, -0.2) is 0 Å². The first-order valence-corrected chi connectivity index (χ1v) is 8.72. The van der Waals surface area contributed by atoms with Crippen LogP contribution in [0.15, 0.2) is 0 Å². The van der Waals surface area contributed by atoms with Crippen LogP contribution in [0.4, 0.5) is 0 Å². The van der Waals surface area contributed by atoms with Gasteiger partial charge in [-0.05, 0) is 18.3 Å². The zero-order valence-electron chi connectivity index (χ0n) is 16.6. The molecule has 2 unspecified atom stereocenters. The summed E-state index contributed by atoms with van der Waals surface area (Å²) >= 11 is 0. The molecule has 1 saturated carbocycles. The summed E-state index contributed by atoms with van der Waals surface area (Å²) in [7, 11) is 0. The Kier molecular flexibility index (Phi) is 136. The maximum absolute atomic E-state index is 2.30. The van der Waals surface area contributed by atoms with Crippen LogP contribution in [0.1, 0.15) is 110 Å². The van der Waals surface area contributed by atoms with E-state index in [-0.39, 0.29) is 0 Å². The third-order valence-corrected chi connectivity index (χ3v) is 1.51. The van der Waals surface area contributed by atoms with E-state index in [1.165, 1.54) is 12.8 Å². The molecule has 0 nitrogen and oxygen atoms in total. The average Bonchev–Trinajstić information content (AvgIpc) is 3.15. The summed E-state index contributed by atoms with van der Waals surface area (Å²) in [6, 6.07) is 0. The molecule has 1 aliphatic rings. The lowest BCUT2D eigenvalue weighted by Crippen LogP contribution is -1.58. The highest BCUT2D eigenvalue weighted by molar-refractivity contribution is 4.76. The Labute approximate surface area is 122 Å². The van der Waals surface area contributed by atoms with E-state index in [1.54, 1.807) is 0 Å². The van der Waals surface area contributed by atoms with Gasteiger partial charge in [-0.2, -0.15) is 0 Å². The van der Waals surface area contributed by atoms with E-state index >= 15 is 0 Å². The molecule has 0 heteroatoms. The Hall–Kier alpha value is 0. The van der Waals surface area contributed by atoms with E-state index in [2.05, 4.69) is 27.7 Å². The van der Waals surface area contributed by atoms with Crippen molar-refractivity contribution in [1.82, 2.24) is 0 Å². The fourth-order valence-corrected chi connectivity index (χ4v) is 0.508. The Morgan fingerprint density at radius 3 is 0.611 bits per heavy atom. The Bertz CT molecular complexity index is 42.0. The minimum Gasteiger partial charge on any atom is -0.0683 e. The molecule has 1 rings (SSSR count). The Morgan fingerprint density at radius 1 is 0.556 bits per heavy atom. The zero-order chi connectivity index (χ0) is 16.6. The quantitative estimate of drug-likeness (QED) is 0.413. The molecule has 120 valence electrons. The molecule has 0 aliphatic heterocycles. The van der Waals surface area contributed by atoms with E-state index in [1.807, 2.05) is 69.2 Å². The van der Waals surface area contributed by atoms with Crippen molar-refractivity contribution in [3.8, 4) is 0 Å². The van der Waals surface area contributed by atoms with Crippen LogP contribution in [-0.2, 0) is 0 Å². The fraction of sp³-hybridized carbons (Fsp3) is 1.00. The summed E-state index contributed by atoms with van der Waals surface area (Å²) in [6.45, 7) is 28.8. The third-order valence-electron chi connectivity index (χ3n) is 1.51. The fourth-order valence-electron chi connectivity index (χ4n) is 0.508. The molecule has 0 N–H and O–H groups in total. The summed E-state index contributed by atoms with van der Waals surface area (Å²) in [6.07, 6.45) is 2.72. The van der Waals surface area contributed by atoms with Crippen molar-refractivity contribution in [2.75, 3.05) is 0 Å². The van der Waals surface area contributed by atoms with Crippen LogP contribution >= 0.6 is 0 Å². The Balaban J connectivity index is -0.0000000249. The third kappa shape index (κ3) is 100. The van der Waals surface area contributed by atoms with Gasteiger partial charge in [-0.1, -0.05) is 103 Å². The Morgan fingerprint density at radius 2 is 0.611 bits per heavy atom. The van der Waals surface area contributed by atoms with Gasteiger partial charge in [0.1, 0.15) is 0 Å². The molecule has 0 aromatic carbocycles. The lowest BCUT2D eigenvalue weighted by molar-refractivity contribution is 0.834. The molecule has 18 heavy (non-hydrogen) atoms. The number of hydrogen-bond donors (Lipinski definition) is 0. The van der Waals surface area contributed by atoms with Gasteiger partial charge < -0.3 is 0 Å². The second-order valence-corrected chi connectivity index (χ2v) is 2.90. The SMILES string of the molecule is CC.CC.CC.CC.CC.CC1CC1C.CCC. The first-order valence-electron chi connectivity index (χ1n) is 8.72. The van der Waals surface area contributed by atoms with Crippen molar-refractivity contribution in [1.29, 1.82) is 0 Å². The normalized spacial score (nSPS) is 16.3. The van der Waals surface area contributed by atoms with Gasteiger partial charge in [0.25, 0.3) is 0 Å². The summed E-state index contributed by atoms with van der Waals surface area (Å²) in [5.74, 6) is 2.10. The molecule has 1 fully saturated rings. The zero-order valence-corrected chi connectivity index (χ0v) is 16.6. The second-order valence-electron chi connectivity index (χ2n) is 2.90. The van der Waals surface area contributed by atoms with Gasteiger partial charge in [-0.15, -0.1) is 0 Å². The average molecular weight is 265 g/mol. The van der Waals surface area contributed by atoms with E-state index < -0.39 is 0 Å². The summed E-state index contributed by atoms with van der Waals surface area (Å²) < 4.78 is 0. The maximum Gasteiger partial charge on any atom is -0.0414 e. The smallest absolute Gasteiger partial charge is 0.0414 e. The van der Waals surface area contributed by atoms with Crippen LogP contribution in [0.5, 0.6) is 0 Å². The van der Waals surface area contributed by atoms with Crippen LogP contribution < -0.4 is 0 Å². The highest BCUT2D eigenvalue weighted by Gasteiger charge is 2.26. The second kappa shape index (κ2) is 68.0. The lowest BCUT2D eigenvalue weighted by atomic mass is 10.4. The van der Waals surface area contributed by atoms with Crippen LogP contribution in [0.3, 0.4) is 0 Å². The van der Waals surface area contributed by atoms with E-state index in [4.69, 9.17) is 0 Å². The number of hydrogen-bond acceptors (Lipinski definition) is 0. The van der Waals surface area contributed by atoms with Crippen molar-refractivity contribution in [2.45, 2.75) is 110 Å². The van der Waals surface area contributed by atoms with E-state index in [0.29, 0.717) is 0 Å². The summed E-state index contributed by atoms with van der Waals surface area (Å²) in [5.41, 5.74) is 0. The monoisotopic (exact) mass is 264 g/mol. The van der Waals surface area contributed by atoms with E-state index in [9.17, 15) is 0 Å². The molecule has 0 spiro atoms. The van der Waals surface area contributed by atoms with Crippen molar-refractivity contribution in [3.05, 3.63) is 0 Å². The highest BCUT2D eigenvalue weighted by atomic mass is 14.3. The molecule has 0 aromatic rings. The molecule has 0 radical (unpaired) electrons. The largest absolute Gasteiger partial charge is 0.0683 e. The molecule has 2 atom stereocenters. The first kappa shape index (κ1) is 36.1. The molecule has 0 amide bonds. The standard InChI is InChI=1S/C5H10.C3H8.5C2H6/c1-4-3-5(4)2;1-3-2;5*1-2/h4-5H,3H2,1-2H3;3H2,1-2H3;5*1-2H3. The minimum absolute atomic E-state index is 1.05. The minimum atomic E-state index is 1.05. The van der Waals surface area contributed by atoms with Crippen molar-refractivity contribution < 1.29 is 0 Å². The van der Waals surface area contributed by atoms with Gasteiger partial charge in [0, 0.05) is 0 Å². The summed E-state index contributed by atoms with van der Waals surface area (Å²) in [4.78, 5) is 0. The van der Waals surface area contributed by atoms with Gasteiger partial charge in [-0.25, -0.2) is 0 Å². The summed E-state index contributed by atoms with van der Waals surface area (Å²) in [5, 5.41) is 0. The van der Waals surface area contributed by atoms with Gasteiger partial charge in [-0.3, -0.25) is 0 Å². The van der Waals surface area contributed by atoms with E-state index in [0.717, 1.165) is 11.8 Å². The first-order chi connectivity index (χ1) is 8.72. The molecular weight excluding hydrogens is 216 g/mol. The maximum atomic E-state index is 2.30. The van der Waals surface area contributed by atoms with Gasteiger partial charge in [0.2, 0.25) is 0 Å². The van der Waals surface area contributed by atoms with Gasteiger partial charge >= 0.3 is 0 Å².